The maximum atomic E-state index is 11.2. The van der Waals surface area contributed by atoms with E-state index in [1.165, 1.54) is 17.8 Å². The minimum absolute atomic E-state index is 0.309. The molecule has 4 heterocycles. The third kappa shape index (κ3) is 3.99. The highest BCUT2D eigenvalue weighted by atomic mass is 16.5. The quantitative estimate of drug-likeness (QED) is 0.875. The van der Waals surface area contributed by atoms with Crippen LogP contribution in [0.3, 0.4) is 0 Å². The van der Waals surface area contributed by atoms with Gasteiger partial charge in [-0.05, 0) is 56.6 Å². The molecular formula is C20H32N4O3. The summed E-state index contributed by atoms with van der Waals surface area (Å²) in [5.41, 5.74) is 2.82. The summed E-state index contributed by atoms with van der Waals surface area (Å²) >= 11 is 0. The van der Waals surface area contributed by atoms with E-state index in [0.29, 0.717) is 24.5 Å². The van der Waals surface area contributed by atoms with E-state index in [1.807, 2.05) is 0 Å². The first kappa shape index (κ1) is 18.7. The molecule has 1 spiro atoms. The maximum Gasteiger partial charge on any atom is 0.407 e. The number of aromatic nitrogens is 2. The molecule has 150 valence electrons. The zero-order chi connectivity index (χ0) is 18.9. The third-order valence-electron chi connectivity index (χ3n) is 6.76. The fraction of sp³-hybridized carbons (Fsp3) is 0.800. The van der Waals surface area contributed by atoms with Crippen LogP contribution < -0.4 is 0 Å². The van der Waals surface area contributed by atoms with Gasteiger partial charge in [0.15, 0.2) is 0 Å². The molecule has 0 radical (unpaired) electrons. The molecule has 0 aliphatic carbocycles. The van der Waals surface area contributed by atoms with Crippen molar-refractivity contribution in [3.63, 3.8) is 0 Å². The van der Waals surface area contributed by atoms with Gasteiger partial charge in [-0.2, -0.15) is 5.10 Å². The standard InChI is InChI=1S/C20H32N4O3/c1-2-16-13-18(24(21-16)17-3-11-27-12-4-17)14-22-8-5-20(15-22)6-9-23(10-7-20)19(25)26/h13,17H,2-12,14-15H2,1H3,(H,25,26). The van der Waals surface area contributed by atoms with Crippen molar-refractivity contribution >= 4 is 6.09 Å². The topological polar surface area (TPSA) is 70.8 Å². The molecular weight excluding hydrogens is 344 g/mol. The molecule has 0 atom stereocenters. The van der Waals surface area contributed by atoms with Gasteiger partial charge in [-0.1, -0.05) is 6.92 Å². The summed E-state index contributed by atoms with van der Waals surface area (Å²) in [4.78, 5) is 15.3. The molecule has 4 rings (SSSR count). The average molecular weight is 377 g/mol. The van der Waals surface area contributed by atoms with Crippen LogP contribution in [-0.4, -0.2) is 70.2 Å². The predicted octanol–water partition coefficient (Wildman–Crippen LogP) is 2.76. The van der Waals surface area contributed by atoms with E-state index in [0.717, 1.165) is 65.0 Å². The van der Waals surface area contributed by atoms with Crippen molar-refractivity contribution in [3.8, 4) is 0 Å². The smallest absolute Gasteiger partial charge is 0.407 e. The van der Waals surface area contributed by atoms with E-state index < -0.39 is 6.09 Å². The second-order valence-corrected chi connectivity index (χ2v) is 8.50. The lowest BCUT2D eigenvalue weighted by Gasteiger charge is -2.38. The van der Waals surface area contributed by atoms with Crippen molar-refractivity contribution in [3.05, 3.63) is 17.5 Å². The second-order valence-electron chi connectivity index (χ2n) is 8.50. The molecule has 0 saturated carbocycles. The Labute approximate surface area is 161 Å². The van der Waals surface area contributed by atoms with Crippen molar-refractivity contribution in [1.29, 1.82) is 0 Å². The first-order chi connectivity index (χ1) is 13.1. The SMILES string of the molecule is CCc1cc(CN2CCC3(CCN(C(=O)O)CC3)C2)n(C2CCOCC2)n1. The number of aryl methyl sites for hydroxylation is 1. The average Bonchev–Trinajstić information content (AvgIpc) is 3.27. The van der Waals surface area contributed by atoms with Crippen LogP contribution >= 0.6 is 0 Å². The largest absolute Gasteiger partial charge is 0.465 e. The Balaban J connectivity index is 1.41. The zero-order valence-electron chi connectivity index (χ0n) is 16.4. The van der Waals surface area contributed by atoms with Gasteiger partial charge in [0.2, 0.25) is 0 Å². The molecule has 1 amide bonds. The molecule has 7 heteroatoms. The number of piperidine rings is 1. The highest BCUT2D eigenvalue weighted by Gasteiger charge is 2.41. The van der Waals surface area contributed by atoms with Crippen LogP contribution in [-0.2, 0) is 17.7 Å². The molecule has 1 aromatic rings. The first-order valence-corrected chi connectivity index (χ1v) is 10.4. The Kier molecular flexibility index (Phi) is 5.41. The summed E-state index contributed by atoms with van der Waals surface area (Å²) in [5.74, 6) is 0. The second kappa shape index (κ2) is 7.80. The van der Waals surface area contributed by atoms with Gasteiger partial charge in [0.25, 0.3) is 0 Å². The molecule has 0 bridgehead atoms. The number of carboxylic acid groups (broad SMARTS) is 1. The molecule has 3 aliphatic rings. The molecule has 1 aromatic heterocycles. The number of ether oxygens (including phenoxy) is 1. The van der Waals surface area contributed by atoms with Gasteiger partial charge >= 0.3 is 6.09 Å². The van der Waals surface area contributed by atoms with Crippen LogP contribution in [0.15, 0.2) is 6.07 Å². The Bertz CT molecular complexity index is 660. The highest BCUT2D eigenvalue weighted by Crippen LogP contribution is 2.41. The van der Waals surface area contributed by atoms with Crippen molar-refractivity contribution in [2.75, 3.05) is 39.4 Å². The normalized spacial score (nSPS) is 24.0. The number of nitrogens with zero attached hydrogens (tertiary/aromatic N) is 4. The van der Waals surface area contributed by atoms with Crippen molar-refractivity contribution < 1.29 is 14.6 Å². The molecule has 7 nitrogen and oxygen atoms in total. The van der Waals surface area contributed by atoms with Gasteiger partial charge in [-0.25, -0.2) is 4.79 Å². The van der Waals surface area contributed by atoms with Crippen molar-refractivity contribution in [1.82, 2.24) is 19.6 Å². The van der Waals surface area contributed by atoms with Crippen LogP contribution in [0.1, 0.15) is 56.5 Å². The first-order valence-electron chi connectivity index (χ1n) is 10.4. The number of carbonyl (C=O) groups is 1. The lowest BCUT2D eigenvalue weighted by atomic mass is 9.78. The van der Waals surface area contributed by atoms with E-state index in [2.05, 4.69) is 22.6 Å². The summed E-state index contributed by atoms with van der Waals surface area (Å²) in [6.07, 6.45) is 5.47. The van der Waals surface area contributed by atoms with E-state index in [4.69, 9.17) is 9.84 Å². The van der Waals surface area contributed by atoms with Crippen LogP contribution in [0, 0.1) is 5.41 Å². The zero-order valence-corrected chi connectivity index (χ0v) is 16.4. The molecule has 3 saturated heterocycles. The molecule has 0 aromatic carbocycles. The Morgan fingerprint density at radius 3 is 2.63 bits per heavy atom. The van der Waals surface area contributed by atoms with Gasteiger partial charge in [-0.3, -0.25) is 9.58 Å². The molecule has 27 heavy (non-hydrogen) atoms. The van der Waals surface area contributed by atoms with E-state index >= 15 is 0 Å². The lowest BCUT2D eigenvalue weighted by Crippen LogP contribution is -2.43. The molecule has 3 aliphatic heterocycles. The number of rotatable bonds is 4. The predicted molar refractivity (Wildman–Crippen MR) is 102 cm³/mol. The molecule has 3 fully saturated rings. The summed E-state index contributed by atoms with van der Waals surface area (Å²) in [7, 11) is 0. The van der Waals surface area contributed by atoms with E-state index in [9.17, 15) is 9.90 Å². The summed E-state index contributed by atoms with van der Waals surface area (Å²) < 4.78 is 7.81. The van der Waals surface area contributed by atoms with Gasteiger partial charge in [0.1, 0.15) is 0 Å². The van der Waals surface area contributed by atoms with Crippen LogP contribution in [0.2, 0.25) is 0 Å². The Morgan fingerprint density at radius 2 is 1.96 bits per heavy atom. The third-order valence-corrected chi connectivity index (χ3v) is 6.76. The minimum atomic E-state index is -0.771. The lowest BCUT2D eigenvalue weighted by molar-refractivity contribution is 0.0643. The fourth-order valence-electron chi connectivity index (χ4n) is 5.00. The van der Waals surface area contributed by atoms with E-state index in [-0.39, 0.29) is 0 Å². The monoisotopic (exact) mass is 376 g/mol. The number of amides is 1. The number of hydrogen-bond acceptors (Lipinski definition) is 4. The van der Waals surface area contributed by atoms with Crippen LogP contribution in [0.5, 0.6) is 0 Å². The van der Waals surface area contributed by atoms with Gasteiger partial charge in [0, 0.05) is 39.4 Å². The summed E-state index contributed by atoms with van der Waals surface area (Å²) in [5, 5.41) is 14.1. The molecule has 1 N–H and O–H groups in total. The highest BCUT2D eigenvalue weighted by molar-refractivity contribution is 5.65. The maximum absolute atomic E-state index is 11.2. The Morgan fingerprint density at radius 1 is 1.26 bits per heavy atom. The minimum Gasteiger partial charge on any atom is -0.465 e. The van der Waals surface area contributed by atoms with Gasteiger partial charge in [0.05, 0.1) is 17.4 Å². The molecule has 0 unspecified atom stereocenters. The number of likely N-dealkylation sites (tertiary alicyclic amines) is 2. The van der Waals surface area contributed by atoms with E-state index in [1.54, 1.807) is 4.90 Å². The fourth-order valence-corrected chi connectivity index (χ4v) is 5.00. The summed E-state index contributed by atoms with van der Waals surface area (Å²) in [6, 6.07) is 2.75. The number of hydrogen-bond donors (Lipinski definition) is 1. The van der Waals surface area contributed by atoms with Crippen molar-refractivity contribution in [2.45, 2.75) is 58.0 Å². The van der Waals surface area contributed by atoms with Gasteiger partial charge in [-0.15, -0.1) is 0 Å². The Hall–Kier alpha value is -1.60. The summed E-state index contributed by atoms with van der Waals surface area (Å²) in [6.45, 7) is 8.34. The van der Waals surface area contributed by atoms with Crippen LogP contribution in [0.4, 0.5) is 4.79 Å². The van der Waals surface area contributed by atoms with Gasteiger partial charge < -0.3 is 14.7 Å². The van der Waals surface area contributed by atoms with Crippen LogP contribution in [0.25, 0.3) is 0 Å². The van der Waals surface area contributed by atoms with Crippen molar-refractivity contribution in [2.24, 2.45) is 5.41 Å².